The van der Waals surface area contributed by atoms with Gasteiger partial charge in [-0.2, -0.15) is 15.1 Å². The molecule has 0 atom stereocenters. The highest BCUT2D eigenvalue weighted by Crippen LogP contribution is 2.20. The molecule has 5 N–H and O–H groups in total. The Hall–Kier alpha value is -3.28. The number of anilines is 3. The van der Waals surface area contributed by atoms with Gasteiger partial charge in [0.2, 0.25) is 5.95 Å². The van der Waals surface area contributed by atoms with Gasteiger partial charge in [0.15, 0.2) is 5.82 Å². The van der Waals surface area contributed by atoms with E-state index >= 15 is 0 Å². The lowest BCUT2D eigenvalue weighted by molar-refractivity contribution is 0.284. The molecule has 2 aromatic heterocycles. The van der Waals surface area contributed by atoms with Crippen molar-refractivity contribution in [2.45, 2.75) is 32.6 Å². The van der Waals surface area contributed by atoms with Crippen molar-refractivity contribution in [3.8, 4) is 5.82 Å². The topological polar surface area (TPSA) is 114 Å². The Balaban J connectivity index is 0.00000420. The predicted octanol–water partition coefficient (Wildman–Crippen LogP) is 4.02. The summed E-state index contributed by atoms with van der Waals surface area (Å²) in [5.41, 5.74) is 14.0. The Kier molecular flexibility index (Phi) is 11.5. The third-order valence-electron chi connectivity index (χ3n) is 6.68. The fourth-order valence-electron chi connectivity index (χ4n) is 4.55. The lowest BCUT2D eigenvalue weighted by atomic mass is 10.2. The maximum Gasteiger partial charge on any atom is 0.224 e. The van der Waals surface area contributed by atoms with Gasteiger partial charge in [0.05, 0.1) is 11.9 Å². The van der Waals surface area contributed by atoms with Crippen LogP contribution in [0.25, 0.3) is 11.9 Å². The normalized spacial score (nSPS) is 14.1. The average molecular weight is 562 g/mol. The number of nitrogens with one attached hydrogen (secondary N) is 1. The second-order valence-corrected chi connectivity index (χ2v) is 9.51. The highest BCUT2D eigenvalue weighted by molar-refractivity contribution is 5.85. The van der Waals surface area contributed by atoms with Crippen LogP contribution < -0.4 is 21.7 Å². The monoisotopic (exact) mass is 561 g/mol. The molecule has 0 saturated carbocycles. The zero-order valence-electron chi connectivity index (χ0n) is 22.3. The van der Waals surface area contributed by atoms with E-state index in [0.717, 1.165) is 75.7 Å². The summed E-state index contributed by atoms with van der Waals surface area (Å²) in [5, 5.41) is 7.84. The summed E-state index contributed by atoms with van der Waals surface area (Å²) >= 11 is 0. The first kappa shape index (κ1) is 30.3. The summed E-state index contributed by atoms with van der Waals surface area (Å²) in [7, 11) is 0. The van der Waals surface area contributed by atoms with Gasteiger partial charge in [0.25, 0.3) is 0 Å². The van der Waals surface area contributed by atoms with Crippen molar-refractivity contribution in [2.24, 2.45) is 5.73 Å². The molecule has 1 fully saturated rings. The number of aromatic nitrogens is 4. The van der Waals surface area contributed by atoms with Crippen molar-refractivity contribution >= 4 is 35.9 Å². The third kappa shape index (κ3) is 8.61. The number of hydrogen-bond donors (Lipinski definition) is 3. The first-order chi connectivity index (χ1) is 18.4. The van der Waals surface area contributed by atoms with Gasteiger partial charge in [-0.3, -0.25) is 4.90 Å². The molecule has 4 rings (SSSR count). The SMILES string of the molecule is Cc1c(C=CCN2CCN(c3cc(F)cc(F)c3)CC2)cnn1-c1cc(NCCCCCCN)nc(N)n1.Cl. The minimum absolute atomic E-state index is 0. The number of benzene rings is 1. The van der Waals surface area contributed by atoms with Crippen molar-refractivity contribution in [1.82, 2.24) is 24.6 Å². The standard InChI is InChI=1S/C27H37F2N9.ClH/c1-20-21(7-6-10-36-11-13-37(14-12-36)24-16-22(28)15-23(29)17-24)19-33-38(20)26-18-25(34-27(31)35-26)32-9-5-3-2-4-8-30;/h6-7,15-19H,2-5,8-14,30H2,1H3,(H3,31,32,34,35);1H. The van der Waals surface area contributed by atoms with Crippen LogP contribution in [0.1, 0.15) is 36.9 Å². The Bertz CT molecular complexity index is 1210. The van der Waals surface area contributed by atoms with Crippen LogP contribution in [-0.4, -0.2) is 70.5 Å². The quantitative estimate of drug-likeness (QED) is 0.284. The van der Waals surface area contributed by atoms with E-state index in [0.29, 0.717) is 30.4 Å². The number of hydrogen-bond acceptors (Lipinski definition) is 8. The molecule has 212 valence electrons. The van der Waals surface area contributed by atoms with Crippen molar-refractivity contribution in [1.29, 1.82) is 0 Å². The van der Waals surface area contributed by atoms with E-state index in [1.807, 2.05) is 24.1 Å². The van der Waals surface area contributed by atoms with Gasteiger partial charge in [0.1, 0.15) is 17.5 Å². The molecule has 39 heavy (non-hydrogen) atoms. The third-order valence-corrected chi connectivity index (χ3v) is 6.68. The zero-order chi connectivity index (χ0) is 26.9. The predicted molar refractivity (Wildman–Crippen MR) is 156 cm³/mol. The van der Waals surface area contributed by atoms with E-state index in [9.17, 15) is 8.78 Å². The molecule has 1 saturated heterocycles. The Morgan fingerprint density at radius 2 is 1.69 bits per heavy atom. The van der Waals surface area contributed by atoms with Crippen molar-refractivity contribution in [3.63, 3.8) is 0 Å². The van der Waals surface area contributed by atoms with Crippen LogP contribution in [0.15, 0.2) is 36.5 Å². The van der Waals surface area contributed by atoms with Crippen molar-refractivity contribution in [3.05, 3.63) is 59.4 Å². The second-order valence-electron chi connectivity index (χ2n) is 9.51. The van der Waals surface area contributed by atoms with Crippen LogP contribution >= 0.6 is 12.4 Å². The zero-order valence-corrected chi connectivity index (χ0v) is 23.1. The molecule has 0 bridgehead atoms. The minimum atomic E-state index is -0.549. The molecule has 0 unspecified atom stereocenters. The Morgan fingerprint density at radius 1 is 0.974 bits per heavy atom. The summed E-state index contributed by atoms with van der Waals surface area (Å²) in [6, 6.07) is 5.52. The largest absolute Gasteiger partial charge is 0.370 e. The summed E-state index contributed by atoms with van der Waals surface area (Å²) in [6.07, 6.45) is 10.3. The molecule has 12 heteroatoms. The smallest absolute Gasteiger partial charge is 0.224 e. The molecule has 1 aliphatic rings. The highest BCUT2D eigenvalue weighted by atomic mass is 35.5. The van der Waals surface area contributed by atoms with Crippen molar-refractivity contribution in [2.75, 3.05) is 61.8 Å². The van der Waals surface area contributed by atoms with E-state index in [1.54, 1.807) is 4.68 Å². The van der Waals surface area contributed by atoms with Crippen molar-refractivity contribution < 1.29 is 8.78 Å². The van der Waals surface area contributed by atoms with Crippen LogP contribution in [-0.2, 0) is 0 Å². The second kappa shape index (κ2) is 14.8. The van der Waals surface area contributed by atoms with E-state index in [4.69, 9.17) is 11.5 Å². The number of unbranched alkanes of at least 4 members (excludes halogenated alkanes) is 3. The number of nitrogens with zero attached hydrogens (tertiary/aromatic N) is 6. The number of nitrogen functional groups attached to an aromatic ring is 1. The summed E-state index contributed by atoms with van der Waals surface area (Å²) < 4.78 is 28.9. The molecule has 3 aromatic rings. The minimum Gasteiger partial charge on any atom is -0.370 e. The molecular weight excluding hydrogens is 524 g/mol. The summed E-state index contributed by atoms with van der Waals surface area (Å²) in [6.45, 7) is 7.35. The number of halogens is 3. The van der Waals surface area contributed by atoms with Gasteiger partial charge >= 0.3 is 0 Å². The molecular formula is C27H38ClF2N9. The first-order valence-electron chi connectivity index (χ1n) is 13.2. The van der Waals surface area contributed by atoms with E-state index < -0.39 is 11.6 Å². The lowest BCUT2D eigenvalue weighted by Gasteiger charge is -2.35. The van der Waals surface area contributed by atoms with E-state index in [1.165, 1.54) is 12.1 Å². The molecule has 1 aromatic carbocycles. The van der Waals surface area contributed by atoms with Gasteiger partial charge in [-0.25, -0.2) is 13.5 Å². The van der Waals surface area contributed by atoms with Crippen LogP contribution in [0.2, 0.25) is 0 Å². The number of piperazine rings is 1. The van der Waals surface area contributed by atoms with Gasteiger partial charge in [0, 0.05) is 62.7 Å². The Morgan fingerprint density at radius 3 is 2.41 bits per heavy atom. The maximum atomic E-state index is 13.6. The van der Waals surface area contributed by atoms with Crippen LogP contribution in [0.4, 0.5) is 26.2 Å². The first-order valence-corrected chi connectivity index (χ1v) is 13.2. The van der Waals surface area contributed by atoms with Crippen LogP contribution in [0.3, 0.4) is 0 Å². The molecule has 0 radical (unpaired) electrons. The van der Waals surface area contributed by atoms with Crippen LogP contribution in [0, 0.1) is 18.6 Å². The molecule has 9 nitrogen and oxygen atoms in total. The fraction of sp³-hybridized carbons (Fsp3) is 0.444. The average Bonchev–Trinajstić information content (AvgIpc) is 3.26. The molecule has 3 heterocycles. The number of nitrogens with two attached hydrogens (primary N) is 2. The lowest BCUT2D eigenvalue weighted by Crippen LogP contribution is -2.46. The van der Waals surface area contributed by atoms with E-state index in [2.05, 4.69) is 37.4 Å². The van der Waals surface area contributed by atoms with Crippen LogP contribution in [0.5, 0.6) is 0 Å². The van der Waals surface area contributed by atoms with Gasteiger partial charge in [-0.05, 0) is 38.4 Å². The molecule has 0 spiro atoms. The highest BCUT2D eigenvalue weighted by Gasteiger charge is 2.17. The van der Waals surface area contributed by atoms with Gasteiger partial charge in [-0.15, -0.1) is 12.4 Å². The fourth-order valence-corrected chi connectivity index (χ4v) is 4.55. The number of rotatable bonds is 12. The molecule has 0 aliphatic carbocycles. The van der Waals surface area contributed by atoms with E-state index in [-0.39, 0.29) is 18.4 Å². The maximum absolute atomic E-state index is 13.6. The van der Waals surface area contributed by atoms with Gasteiger partial charge in [-0.1, -0.05) is 25.0 Å². The van der Waals surface area contributed by atoms with Gasteiger partial charge < -0.3 is 21.7 Å². The molecule has 0 amide bonds. The molecule has 1 aliphatic heterocycles. The summed E-state index contributed by atoms with van der Waals surface area (Å²) in [5.74, 6) is 0.392. The summed E-state index contributed by atoms with van der Waals surface area (Å²) in [4.78, 5) is 13.0. The Labute approximate surface area is 234 Å².